The van der Waals surface area contributed by atoms with Crippen LogP contribution >= 0.6 is 15.9 Å². The fourth-order valence-corrected chi connectivity index (χ4v) is 2.62. The highest BCUT2D eigenvalue weighted by atomic mass is 79.9. The van der Waals surface area contributed by atoms with E-state index in [2.05, 4.69) is 21.0 Å². The Morgan fingerprint density at radius 1 is 1.40 bits per heavy atom. The number of alkyl halides is 2. The summed E-state index contributed by atoms with van der Waals surface area (Å²) in [7, 11) is 0. The number of nitrogens with zero attached hydrogens (tertiary/aromatic N) is 3. The minimum atomic E-state index is -2.67. The van der Waals surface area contributed by atoms with E-state index >= 15 is 0 Å². The quantitative estimate of drug-likeness (QED) is 0.839. The molecule has 2 rings (SSSR count). The molecule has 0 saturated carbocycles. The van der Waals surface area contributed by atoms with Gasteiger partial charge in [-0.25, -0.2) is 8.78 Å². The van der Waals surface area contributed by atoms with Crippen LogP contribution in [0.2, 0.25) is 0 Å². The zero-order valence-electron chi connectivity index (χ0n) is 11.3. The molecule has 0 bridgehead atoms. The van der Waals surface area contributed by atoms with E-state index in [1.165, 1.54) is 4.68 Å². The monoisotopic (exact) mass is 351 g/mol. The molecule has 1 atom stereocenters. The number of hydrogen-bond donors (Lipinski definition) is 0. The maximum atomic E-state index is 12.8. The second-order valence-electron chi connectivity index (χ2n) is 4.64. The zero-order valence-corrected chi connectivity index (χ0v) is 12.9. The zero-order chi connectivity index (χ0) is 14.9. The number of carbonyl (C=O) groups excluding carboxylic acids is 1. The van der Waals surface area contributed by atoms with E-state index in [4.69, 9.17) is 4.74 Å². The van der Waals surface area contributed by atoms with Crippen LogP contribution in [-0.2, 0) is 9.53 Å². The van der Waals surface area contributed by atoms with Gasteiger partial charge in [0.2, 0.25) is 5.91 Å². The summed E-state index contributed by atoms with van der Waals surface area (Å²) in [6, 6.07) is -0.614. The molecule has 0 aliphatic carbocycles. The van der Waals surface area contributed by atoms with Crippen molar-refractivity contribution in [1.29, 1.82) is 0 Å². The third kappa shape index (κ3) is 2.85. The predicted octanol–water partition coefficient (Wildman–Crippen LogP) is 2.31. The summed E-state index contributed by atoms with van der Waals surface area (Å²) < 4.78 is 32.4. The minimum absolute atomic E-state index is 0.132. The molecule has 1 amide bonds. The van der Waals surface area contributed by atoms with Gasteiger partial charge in [-0.2, -0.15) is 5.10 Å². The number of amides is 1. The van der Waals surface area contributed by atoms with Gasteiger partial charge < -0.3 is 9.64 Å². The Hall–Kier alpha value is -1.02. The molecule has 2 heterocycles. The molecule has 1 fully saturated rings. The molecule has 0 N–H and O–H groups in total. The van der Waals surface area contributed by atoms with Crippen LogP contribution in [0, 0.1) is 6.92 Å². The van der Waals surface area contributed by atoms with Crippen LogP contribution in [0.25, 0.3) is 0 Å². The first-order valence-electron chi connectivity index (χ1n) is 6.32. The maximum Gasteiger partial charge on any atom is 0.283 e. The van der Waals surface area contributed by atoms with Crippen molar-refractivity contribution in [3.05, 3.63) is 15.9 Å². The summed E-state index contributed by atoms with van der Waals surface area (Å²) in [5, 5.41) is 3.87. The SMILES string of the molecule is Cc1c(Br)c(C(F)F)nn1[C@@H](C)C(=O)N1CCOCC1. The summed E-state index contributed by atoms with van der Waals surface area (Å²) in [4.78, 5) is 14.0. The molecule has 20 heavy (non-hydrogen) atoms. The van der Waals surface area contributed by atoms with Crippen LogP contribution < -0.4 is 0 Å². The highest BCUT2D eigenvalue weighted by Crippen LogP contribution is 2.30. The van der Waals surface area contributed by atoms with Gasteiger partial charge in [-0.05, 0) is 29.8 Å². The maximum absolute atomic E-state index is 12.8. The van der Waals surface area contributed by atoms with Gasteiger partial charge in [0.05, 0.1) is 23.4 Å². The summed E-state index contributed by atoms with van der Waals surface area (Å²) >= 11 is 3.11. The Morgan fingerprint density at radius 2 is 2.00 bits per heavy atom. The predicted molar refractivity (Wildman–Crippen MR) is 71.7 cm³/mol. The fraction of sp³-hybridized carbons (Fsp3) is 0.667. The van der Waals surface area contributed by atoms with Crippen molar-refractivity contribution < 1.29 is 18.3 Å². The Balaban J connectivity index is 2.22. The molecule has 0 aromatic carbocycles. The van der Waals surface area contributed by atoms with Crippen molar-refractivity contribution in [2.75, 3.05) is 26.3 Å². The number of hydrogen-bond acceptors (Lipinski definition) is 3. The number of rotatable bonds is 3. The van der Waals surface area contributed by atoms with Crippen LogP contribution in [0.3, 0.4) is 0 Å². The summed E-state index contributed by atoms with van der Waals surface area (Å²) in [6.07, 6.45) is -2.67. The lowest BCUT2D eigenvalue weighted by Crippen LogP contribution is -2.44. The lowest BCUT2D eigenvalue weighted by molar-refractivity contribution is -0.138. The lowest BCUT2D eigenvalue weighted by Gasteiger charge is -2.29. The van der Waals surface area contributed by atoms with E-state index in [0.717, 1.165) is 0 Å². The molecule has 8 heteroatoms. The van der Waals surface area contributed by atoms with Crippen molar-refractivity contribution >= 4 is 21.8 Å². The average molecular weight is 352 g/mol. The molecule has 1 aliphatic rings. The van der Waals surface area contributed by atoms with Crippen molar-refractivity contribution in [1.82, 2.24) is 14.7 Å². The fourth-order valence-electron chi connectivity index (χ4n) is 2.19. The number of morpholine rings is 1. The van der Waals surface area contributed by atoms with Gasteiger partial charge in [0.15, 0.2) is 0 Å². The highest BCUT2D eigenvalue weighted by molar-refractivity contribution is 9.10. The average Bonchev–Trinajstić information content (AvgIpc) is 2.75. The normalized spacial score (nSPS) is 17.6. The first kappa shape index (κ1) is 15.4. The number of carbonyl (C=O) groups is 1. The first-order valence-corrected chi connectivity index (χ1v) is 7.12. The Kier molecular flexibility index (Phi) is 4.74. The van der Waals surface area contributed by atoms with Crippen molar-refractivity contribution in [2.24, 2.45) is 0 Å². The molecule has 1 aromatic rings. The van der Waals surface area contributed by atoms with Gasteiger partial charge in [0.1, 0.15) is 11.7 Å². The Morgan fingerprint density at radius 3 is 2.50 bits per heavy atom. The third-order valence-corrected chi connectivity index (χ3v) is 4.34. The van der Waals surface area contributed by atoms with Crippen LogP contribution in [0.5, 0.6) is 0 Å². The highest BCUT2D eigenvalue weighted by Gasteiger charge is 2.28. The largest absolute Gasteiger partial charge is 0.378 e. The third-order valence-electron chi connectivity index (χ3n) is 3.36. The molecule has 1 saturated heterocycles. The van der Waals surface area contributed by atoms with Gasteiger partial charge in [0.25, 0.3) is 6.43 Å². The second-order valence-corrected chi connectivity index (χ2v) is 5.44. The van der Waals surface area contributed by atoms with Gasteiger partial charge in [-0.1, -0.05) is 0 Å². The molecule has 0 radical (unpaired) electrons. The van der Waals surface area contributed by atoms with Gasteiger partial charge in [-0.15, -0.1) is 0 Å². The van der Waals surface area contributed by atoms with Crippen LogP contribution in [-0.4, -0.2) is 46.9 Å². The van der Waals surface area contributed by atoms with Gasteiger partial charge in [-0.3, -0.25) is 9.48 Å². The molecule has 5 nitrogen and oxygen atoms in total. The summed E-state index contributed by atoms with van der Waals surface area (Å²) in [5.41, 5.74) is 0.193. The molecular weight excluding hydrogens is 336 g/mol. The van der Waals surface area contributed by atoms with E-state index in [9.17, 15) is 13.6 Å². The van der Waals surface area contributed by atoms with Crippen molar-refractivity contribution in [2.45, 2.75) is 26.3 Å². The first-order chi connectivity index (χ1) is 9.43. The van der Waals surface area contributed by atoms with E-state index in [0.29, 0.717) is 32.0 Å². The van der Waals surface area contributed by atoms with Crippen molar-refractivity contribution in [3.63, 3.8) is 0 Å². The Bertz CT molecular complexity index is 501. The minimum Gasteiger partial charge on any atom is -0.378 e. The summed E-state index contributed by atoms with van der Waals surface area (Å²) in [5.74, 6) is -0.132. The Labute approximate surface area is 124 Å². The van der Waals surface area contributed by atoms with E-state index in [1.54, 1.807) is 18.7 Å². The van der Waals surface area contributed by atoms with Crippen LogP contribution in [0.1, 0.15) is 30.8 Å². The molecule has 1 aromatic heterocycles. The van der Waals surface area contributed by atoms with Gasteiger partial charge >= 0.3 is 0 Å². The second kappa shape index (κ2) is 6.17. The van der Waals surface area contributed by atoms with Crippen molar-refractivity contribution in [3.8, 4) is 0 Å². The lowest BCUT2D eigenvalue weighted by atomic mass is 10.2. The topological polar surface area (TPSA) is 47.4 Å². The van der Waals surface area contributed by atoms with Gasteiger partial charge in [0, 0.05) is 13.1 Å². The smallest absolute Gasteiger partial charge is 0.283 e. The molecule has 0 unspecified atom stereocenters. The van der Waals surface area contributed by atoms with Crippen LogP contribution in [0.4, 0.5) is 8.78 Å². The standard InChI is InChI=1S/C12H16BrF2N3O2/c1-7-9(13)10(11(14)15)16-18(7)8(2)12(19)17-3-5-20-6-4-17/h8,11H,3-6H2,1-2H3/t8-/m0/s1. The summed E-state index contributed by atoms with van der Waals surface area (Å²) in [6.45, 7) is 5.37. The number of ether oxygens (including phenoxy) is 1. The molecule has 112 valence electrons. The van der Waals surface area contributed by atoms with E-state index in [1.807, 2.05) is 0 Å². The van der Waals surface area contributed by atoms with Crippen LogP contribution in [0.15, 0.2) is 4.47 Å². The van der Waals surface area contributed by atoms with E-state index < -0.39 is 12.5 Å². The molecular formula is C12H16BrF2N3O2. The molecule has 1 aliphatic heterocycles. The van der Waals surface area contributed by atoms with E-state index in [-0.39, 0.29) is 16.1 Å². The molecule has 0 spiro atoms. The number of halogens is 3. The number of aromatic nitrogens is 2.